The molecule has 2 aromatic rings. The van der Waals surface area contributed by atoms with E-state index >= 15 is 0 Å². The van der Waals surface area contributed by atoms with Gasteiger partial charge in [0.25, 0.3) is 5.69 Å². The third-order valence-electron chi connectivity index (χ3n) is 2.25. The molecule has 0 bridgehead atoms. The van der Waals surface area contributed by atoms with Gasteiger partial charge >= 0.3 is 0 Å². The number of benzene rings is 1. The Morgan fingerprint density at radius 1 is 1.56 bits per heavy atom. The van der Waals surface area contributed by atoms with Gasteiger partial charge in [-0.2, -0.15) is 0 Å². The second-order valence-electron chi connectivity index (χ2n) is 3.64. The normalized spacial score (nSPS) is 10.3. The Bertz CT molecular complexity index is 585. The third kappa shape index (κ3) is 2.96. The maximum Gasteiger partial charge on any atom is 0.292 e. The highest BCUT2D eigenvalue weighted by Crippen LogP contribution is 2.28. The maximum absolute atomic E-state index is 10.9. The zero-order valence-corrected chi connectivity index (χ0v) is 11.1. The van der Waals surface area contributed by atoms with Crippen LogP contribution in [0.5, 0.6) is 0 Å². The highest BCUT2D eigenvalue weighted by molar-refractivity contribution is 7.11. The van der Waals surface area contributed by atoms with Crippen LogP contribution >= 0.6 is 22.9 Å². The van der Waals surface area contributed by atoms with E-state index in [0.29, 0.717) is 17.3 Å². The van der Waals surface area contributed by atoms with E-state index in [0.717, 1.165) is 9.88 Å². The van der Waals surface area contributed by atoms with E-state index in [-0.39, 0.29) is 5.69 Å². The van der Waals surface area contributed by atoms with Gasteiger partial charge in [-0.05, 0) is 19.1 Å². The summed E-state index contributed by atoms with van der Waals surface area (Å²) in [6.45, 7) is 2.41. The minimum Gasteiger partial charge on any atom is -0.373 e. The predicted molar refractivity (Wildman–Crippen MR) is 72.3 cm³/mol. The molecule has 1 aromatic heterocycles. The van der Waals surface area contributed by atoms with Crippen molar-refractivity contribution in [3.8, 4) is 0 Å². The van der Waals surface area contributed by atoms with E-state index in [1.807, 2.05) is 6.92 Å². The SMILES string of the molecule is Cc1cnc(CNc2cc(Cl)ccc2[N+](=O)[O-])s1. The number of aryl methyl sites for hydroxylation is 1. The van der Waals surface area contributed by atoms with Crippen molar-refractivity contribution in [1.29, 1.82) is 0 Å². The molecule has 0 aliphatic heterocycles. The first-order chi connectivity index (χ1) is 8.56. The van der Waals surface area contributed by atoms with Crippen LogP contribution in [0.4, 0.5) is 11.4 Å². The van der Waals surface area contributed by atoms with Crippen LogP contribution < -0.4 is 5.32 Å². The highest BCUT2D eigenvalue weighted by Gasteiger charge is 2.13. The summed E-state index contributed by atoms with van der Waals surface area (Å²) in [5, 5.41) is 15.2. The lowest BCUT2D eigenvalue weighted by atomic mass is 10.2. The zero-order chi connectivity index (χ0) is 13.1. The van der Waals surface area contributed by atoms with Crippen molar-refractivity contribution in [2.24, 2.45) is 0 Å². The van der Waals surface area contributed by atoms with Gasteiger partial charge in [0.1, 0.15) is 10.7 Å². The molecule has 0 aliphatic carbocycles. The Morgan fingerprint density at radius 3 is 2.94 bits per heavy atom. The summed E-state index contributed by atoms with van der Waals surface area (Å²) in [6, 6.07) is 4.43. The topological polar surface area (TPSA) is 68.1 Å². The monoisotopic (exact) mass is 283 g/mol. The summed E-state index contributed by atoms with van der Waals surface area (Å²) in [5.41, 5.74) is 0.410. The van der Waals surface area contributed by atoms with Crippen LogP contribution in [-0.2, 0) is 6.54 Å². The van der Waals surface area contributed by atoms with E-state index < -0.39 is 4.92 Å². The zero-order valence-electron chi connectivity index (χ0n) is 9.51. The molecule has 2 rings (SSSR count). The van der Waals surface area contributed by atoms with Gasteiger partial charge in [0.15, 0.2) is 0 Å². The van der Waals surface area contributed by atoms with Crippen molar-refractivity contribution < 1.29 is 4.92 Å². The maximum atomic E-state index is 10.9. The number of nitro groups is 1. The standard InChI is InChI=1S/C11H10ClN3O2S/c1-7-5-14-11(18-7)6-13-9-4-8(12)2-3-10(9)15(16)17/h2-5,13H,6H2,1H3. The van der Waals surface area contributed by atoms with E-state index in [1.165, 1.54) is 12.1 Å². The lowest BCUT2D eigenvalue weighted by molar-refractivity contribution is -0.384. The molecular weight excluding hydrogens is 274 g/mol. The minimum atomic E-state index is -0.439. The molecular formula is C11H10ClN3O2S. The predicted octanol–water partition coefficient (Wildman–Crippen LogP) is 3.63. The van der Waals surface area contributed by atoms with Crippen molar-refractivity contribution in [1.82, 2.24) is 4.98 Å². The van der Waals surface area contributed by atoms with Crippen molar-refractivity contribution in [2.75, 3.05) is 5.32 Å². The van der Waals surface area contributed by atoms with Crippen molar-refractivity contribution in [2.45, 2.75) is 13.5 Å². The van der Waals surface area contributed by atoms with E-state index in [2.05, 4.69) is 10.3 Å². The Hall–Kier alpha value is -1.66. The lowest BCUT2D eigenvalue weighted by Crippen LogP contribution is -2.02. The van der Waals surface area contributed by atoms with Crippen LogP contribution in [0.25, 0.3) is 0 Å². The van der Waals surface area contributed by atoms with Crippen LogP contribution in [-0.4, -0.2) is 9.91 Å². The van der Waals surface area contributed by atoms with Gasteiger partial charge in [-0.25, -0.2) is 4.98 Å². The number of thiazole rings is 1. The summed E-state index contributed by atoms with van der Waals surface area (Å²) in [5.74, 6) is 0. The molecule has 0 saturated carbocycles. The van der Waals surface area contributed by atoms with E-state index in [4.69, 9.17) is 11.6 Å². The number of halogens is 1. The van der Waals surface area contributed by atoms with Gasteiger partial charge in [-0.1, -0.05) is 11.6 Å². The smallest absolute Gasteiger partial charge is 0.292 e. The fourth-order valence-corrected chi connectivity index (χ4v) is 2.36. The molecule has 0 fully saturated rings. The van der Waals surface area contributed by atoms with Crippen LogP contribution in [0.3, 0.4) is 0 Å². The molecule has 0 atom stereocenters. The summed E-state index contributed by atoms with van der Waals surface area (Å²) in [4.78, 5) is 15.7. The van der Waals surface area contributed by atoms with Crippen molar-refractivity contribution >= 4 is 34.3 Å². The number of hydrogen-bond acceptors (Lipinski definition) is 5. The van der Waals surface area contributed by atoms with E-state index in [9.17, 15) is 10.1 Å². The quantitative estimate of drug-likeness (QED) is 0.687. The molecule has 0 saturated heterocycles. The number of nitrogens with one attached hydrogen (secondary N) is 1. The van der Waals surface area contributed by atoms with Gasteiger partial charge in [-0.3, -0.25) is 10.1 Å². The fourth-order valence-electron chi connectivity index (χ4n) is 1.46. The Balaban J connectivity index is 2.17. The fraction of sp³-hybridized carbons (Fsp3) is 0.182. The van der Waals surface area contributed by atoms with Gasteiger partial charge in [-0.15, -0.1) is 11.3 Å². The third-order valence-corrected chi connectivity index (χ3v) is 3.40. The highest BCUT2D eigenvalue weighted by atomic mass is 35.5. The minimum absolute atomic E-state index is 0.00711. The summed E-state index contributed by atoms with van der Waals surface area (Å²) in [7, 11) is 0. The molecule has 7 heteroatoms. The van der Waals surface area contributed by atoms with Crippen LogP contribution in [0.1, 0.15) is 9.88 Å². The van der Waals surface area contributed by atoms with Gasteiger partial charge in [0.05, 0.1) is 11.5 Å². The van der Waals surface area contributed by atoms with Crippen LogP contribution in [0.2, 0.25) is 5.02 Å². The molecule has 1 aromatic carbocycles. The van der Waals surface area contributed by atoms with Crippen LogP contribution in [0, 0.1) is 17.0 Å². The van der Waals surface area contributed by atoms with Crippen molar-refractivity contribution in [3.05, 3.63) is 49.4 Å². The molecule has 1 N–H and O–H groups in total. The number of hydrogen-bond donors (Lipinski definition) is 1. The Labute approximate surface area is 113 Å². The molecule has 5 nitrogen and oxygen atoms in total. The first-order valence-corrected chi connectivity index (χ1v) is 6.35. The number of nitrogens with zero attached hydrogens (tertiary/aromatic N) is 2. The van der Waals surface area contributed by atoms with Gasteiger partial charge in [0, 0.05) is 22.2 Å². The molecule has 1 heterocycles. The molecule has 0 amide bonds. The average Bonchev–Trinajstić information content (AvgIpc) is 2.72. The van der Waals surface area contributed by atoms with E-state index in [1.54, 1.807) is 23.6 Å². The number of aromatic nitrogens is 1. The molecule has 18 heavy (non-hydrogen) atoms. The Morgan fingerprint density at radius 2 is 2.33 bits per heavy atom. The van der Waals surface area contributed by atoms with Gasteiger partial charge < -0.3 is 5.32 Å². The van der Waals surface area contributed by atoms with Gasteiger partial charge in [0.2, 0.25) is 0 Å². The largest absolute Gasteiger partial charge is 0.373 e. The number of anilines is 1. The summed E-state index contributed by atoms with van der Waals surface area (Å²) < 4.78 is 0. The summed E-state index contributed by atoms with van der Waals surface area (Å²) in [6.07, 6.45) is 1.77. The molecule has 0 aliphatic rings. The Kier molecular flexibility index (Phi) is 3.78. The number of rotatable bonds is 4. The average molecular weight is 284 g/mol. The lowest BCUT2D eigenvalue weighted by Gasteiger charge is -2.05. The first kappa shape index (κ1) is 12.8. The summed E-state index contributed by atoms with van der Waals surface area (Å²) >= 11 is 7.38. The molecule has 0 spiro atoms. The van der Waals surface area contributed by atoms with Crippen LogP contribution in [0.15, 0.2) is 24.4 Å². The second kappa shape index (κ2) is 5.32. The molecule has 94 valence electrons. The molecule has 0 unspecified atom stereocenters. The van der Waals surface area contributed by atoms with Crippen molar-refractivity contribution in [3.63, 3.8) is 0 Å². The molecule has 0 radical (unpaired) electrons. The number of nitro benzene ring substituents is 1. The second-order valence-corrected chi connectivity index (χ2v) is 5.39. The first-order valence-electron chi connectivity index (χ1n) is 5.15.